The number of fused-ring (bicyclic) bond motifs is 1. The van der Waals surface area contributed by atoms with Crippen molar-refractivity contribution in [3.63, 3.8) is 0 Å². The van der Waals surface area contributed by atoms with E-state index in [0.717, 1.165) is 18.2 Å². The van der Waals surface area contributed by atoms with E-state index in [1.54, 1.807) is 18.2 Å². The number of nitrogens with zero attached hydrogens (tertiary/aromatic N) is 1. The molecule has 3 rings (SSSR count). The van der Waals surface area contributed by atoms with Crippen molar-refractivity contribution in [2.45, 2.75) is 13.5 Å². The Morgan fingerprint density at radius 3 is 2.45 bits per heavy atom. The average Bonchev–Trinajstić information content (AvgIpc) is 3.10. The first-order valence-corrected chi connectivity index (χ1v) is 9.18. The van der Waals surface area contributed by atoms with E-state index < -0.39 is 35.0 Å². The van der Waals surface area contributed by atoms with E-state index in [-0.39, 0.29) is 24.3 Å². The maximum absolute atomic E-state index is 13.6. The zero-order chi connectivity index (χ0) is 22.7. The zero-order valence-electron chi connectivity index (χ0n) is 16.6. The second kappa shape index (κ2) is 8.95. The fraction of sp³-hybridized carbons (Fsp3) is 0.182. The highest BCUT2D eigenvalue weighted by Crippen LogP contribution is 2.34. The molecule has 3 aromatic rings. The standard InChI is InChI=1S/C22H18F3NO5/c1-3-31-22(29)18(28)9-17(27)13-11-26(16-5-4-6-19(30-2)20(13)16)10-12-7-14(23)21(25)15(24)8-12/h4-9,11,27H,3,10H2,1-2H3. The third kappa shape index (κ3) is 4.40. The van der Waals surface area contributed by atoms with Gasteiger partial charge in [-0.05, 0) is 36.8 Å². The highest BCUT2D eigenvalue weighted by atomic mass is 19.2. The Bertz CT molecular complexity index is 1180. The minimum absolute atomic E-state index is 0.00288. The lowest BCUT2D eigenvalue weighted by molar-refractivity contribution is -0.151. The number of esters is 1. The van der Waals surface area contributed by atoms with Gasteiger partial charge in [0.2, 0.25) is 0 Å². The summed E-state index contributed by atoms with van der Waals surface area (Å²) in [6, 6.07) is 6.68. The molecule has 0 spiro atoms. The smallest absolute Gasteiger partial charge is 0.379 e. The molecule has 0 fully saturated rings. The molecule has 0 saturated heterocycles. The third-order valence-corrected chi connectivity index (χ3v) is 4.50. The van der Waals surface area contributed by atoms with Crippen LogP contribution in [0.15, 0.2) is 42.6 Å². The van der Waals surface area contributed by atoms with E-state index >= 15 is 0 Å². The van der Waals surface area contributed by atoms with Crippen LogP contribution < -0.4 is 4.74 Å². The summed E-state index contributed by atoms with van der Waals surface area (Å²) in [6.45, 7) is 1.46. The first-order chi connectivity index (χ1) is 14.8. The second-order valence-corrected chi connectivity index (χ2v) is 6.51. The minimum atomic E-state index is -1.57. The van der Waals surface area contributed by atoms with E-state index in [1.807, 2.05) is 0 Å². The number of aromatic nitrogens is 1. The number of benzene rings is 2. The molecule has 0 atom stereocenters. The fourth-order valence-corrected chi connectivity index (χ4v) is 3.17. The molecule has 2 aromatic carbocycles. The lowest BCUT2D eigenvalue weighted by atomic mass is 10.1. The second-order valence-electron chi connectivity index (χ2n) is 6.51. The number of methoxy groups -OCH3 is 1. The van der Waals surface area contributed by atoms with E-state index in [9.17, 15) is 27.9 Å². The predicted molar refractivity (Wildman–Crippen MR) is 106 cm³/mol. The Balaban J connectivity index is 2.11. The van der Waals surface area contributed by atoms with Crippen molar-refractivity contribution >= 4 is 28.4 Å². The summed E-state index contributed by atoms with van der Waals surface area (Å²) in [7, 11) is 1.41. The monoisotopic (exact) mass is 433 g/mol. The zero-order valence-corrected chi connectivity index (χ0v) is 16.6. The molecule has 6 nitrogen and oxygen atoms in total. The molecule has 0 amide bonds. The maximum atomic E-state index is 13.6. The summed E-state index contributed by atoms with van der Waals surface area (Å²) in [6.07, 6.45) is 2.15. The molecule has 0 bridgehead atoms. The molecule has 9 heteroatoms. The Labute approximate surface area is 175 Å². The molecule has 162 valence electrons. The van der Waals surface area contributed by atoms with E-state index in [2.05, 4.69) is 4.74 Å². The Morgan fingerprint density at radius 1 is 1.16 bits per heavy atom. The maximum Gasteiger partial charge on any atom is 0.379 e. The molecule has 0 aliphatic heterocycles. The lowest BCUT2D eigenvalue weighted by Gasteiger charge is -2.08. The van der Waals surface area contributed by atoms with Crippen molar-refractivity contribution < 1.29 is 37.3 Å². The van der Waals surface area contributed by atoms with Crippen molar-refractivity contribution in [1.29, 1.82) is 0 Å². The summed E-state index contributed by atoms with van der Waals surface area (Å²) >= 11 is 0. The van der Waals surface area contributed by atoms with Crippen molar-refractivity contribution in [1.82, 2.24) is 4.57 Å². The number of ketones is 1. The van der Waals surface area contributed by atoms with Gasteiger partial charge in [-0.25, -0.2) is 18.0 Å². The van der Waals surface area contributed by atoms with Crippen molar-refractivity contribution in [3.8, 4) is 5.75 Å². The first-order valence-electron chi connectivity index (χ1n) is 9.18. The van der Waals surface area contributed by atoms with Gasteiger partial charge in [0, 0.05) is 24.4 Å². The molecule has 31 heavy (non-hydrogen) atoms. The predicted octanol–water partition coefficient (Wildman–Crippen LogP) is 4.15. The number of aliphatic hydroxyl groups excluding tert-OH is 1. The van der Waals surface area contributed by atoms with Crippen LogP contribution in [0.3, 0.4) is 0 Å². The van der Waals surface area contributed by atoms with Crippen LogP contribution in [0.1, 0.15) is 18.1 Å². The fourth-order valence-electron chi connectivity index (χ4n) is 3.17. The summed E-state index contributed by atoms with van der Waals surface area (Å²) < 4.78 is 52.0. The topological polar surface area (TPSA) is 77.8 Å². The molecular formula is C22H18F3NO5. The molecule has 0 aliphatic rings. The van der Waals surface area contributed by atoms with Gasteiger partial charge in [0.05, 0.1) is 24.6 Å². The number of aliphatic hydroxyl groups is 1. The number of ether oxygens (including phenoxy) is 2. The molecule has 1 N–H and O–H groups in total. The Morgan fingerprint density at radius 2 is 1.84 bits per heavy atom. The van der Waals surface area contributed by atoms with E-state index in [0.29, 0.717) is 16.7 Å². The Hall–Kier alpha value is -3.75. The number of carbonyl (C=O) groups excluding carboxylic acids is 2. The quantitative estimate of drug-likeness (QED) is 0.199. The molecule has 0 radical (unpaired) electrons. The van der Waals surface area contributed by atoms with Crippen LogP contribution in [0, 0.1) is 17.5 Å². The summed E-state index contributed by atoms with van der Waals surface area (Å²) in [5.74, 6) is -6.57. The van der Waals surface area contributed by atoms with Crippen molar-refractivity contribution in [2.75, 3.05) is 13.7 Å². The van der Waals surface area contributed by atoms with E-state index in [4.69, 9.17) is 4.74 Å². The van der Waals surface area contributed by atoms with Crippen LogP contribution in [-0.2, 0) is 20.9 Å². The van der Waals surface area contributed by atoms with Crippen LogP contribution in [0.5, 0.6) is 5.75 Å². The SMILES string of the molecule is CCOC(=O)C(=O)C=C(O)c1cn(Cc2cc(F)c(F)c(F)c2)c2cccc(OC)c12. The largest absolute Gasteiger partial charge is 0.507 e. The van der Waals surface area contributed by atoms with Crippen LogP contribution in [-0.4, -0.2) is 35.1 Å². The molecular weight excluding hydrogens is 415 g/mol. The van der Waals surface area contributed by atoms with Gasteiger partial charge in [0.1, 0.15) is 11.5 Å². The van der Waals surface area contributed by atoms with Crippen LogP contribution >= 0.6 is 0 Å². The Kier molecular flexibility index (Phi) is 6.33. The van der Waals surface area contributed by atoms with Gasteiger partial charge < -0.3 is 19.1 Å². The number of rotatable bonds is 7. The molecule has 0 saturated carbocycles. The number of hydrogen-bond donors (Lipinski definition) is 1. The number of carbonyl (C=O) groups is 2. The summed E-state index contributed by atoms with van der Waals surface area (Å²) in [5, 5.41) is 10.9. The first kappa shape index (κ1) is 21.9. The third-order valence-electron chi connectivity index (χ3n) is 4.50. The van der Waals surface area contributed by atoms with Gasteiger partial charge in [0.15, 0.2) is 17.5 Å². The highest BCUT2D eigenvalue weighted by Gasteiger charge is 2.20. The lowest BCUT2D eigenvalue weighted by Crippen LogP contribution is -2.15. The van der Waals surface area contributed by atoms with Gasteiger partial charge in [-0.15, -0.1) is 0 Å². The highest BCUT2D eigenvalue weighted by molar-refractivity contribution is 6.39. The molecule has 0 unspecified atom stereocenters. The normalized spacial score (nSPS) is 11.6. The molecule has 0 aliphatic carbocycles. The van der Waals surface area contributed by atoms with Gasteiger partial charge >= 0.3 is 5.97 Å². The average molecular weight is 433 g/mol. The molecule has 1 aromatic heterocycles. The van der Waals surface area contributed by atoms with E-state index in [1.165, 1.54) is 24.8 Å². The van der Waals surface area contributed by atoms with Crippen LogP contribution in [0.4, 0.5) is 13.2 Å². The number of hydrogen-bond acceptors (Lipinski definition) is 5. The molecule has 1 heterocycles. The minimum Gasteiger partial charge on any atom is -0.507 e. The van der Waals surface area contributed by atoms with Crippen molar-refractivity contribution in [3.05, 3.63) is 71.2 Å². The van der Waals surface area contributed by atoms with Crippen molar-refractivity contribution in [2.24, 2.45) is 0 Å². The van der Waals surface area contributed by atoms with Gasteiger partial charge in [-0.3, -0.25) is 4.79 Å². The van der Waals surface area contributed by atoms with Gasteiger partial charge in [-0.2, -0.15) is 0 Å². The summed E-state index contributed by atoms with van der Waals surface area (Å²) in [4.78, 5) is 23.5. The van der Waals surface area contributed by atoms with Crippen LogP contribution in [0.25, 0.3) is 16.7 Å². The van der Waals surface area contributed by atoms with Crippen LogP contribution in [0.2, 0.25) is 0 Å². The summed E-state index contributed by atoms with van der Waals surface area (Å²) in [5.41, 5.74) is 0.782. The van der Waals surface area contributed by atoms with Gasteiger partial charge in [-0.1, -0.05) is 6.07 Å². The number of halogens is 3. The van der Waals surface area contributed by atoms with Gasteiger partial charge in [0.25, 0.3) is 5.78 Å².